The van der Waals surface area contributed by atoms with E-state index in [1.54, 1.807) is 24.3 Å². The van der Waals surface area contributed by atoms with Gasteiger partial charge in [-0.15, -0.1) is 0 Å². The van der Waals surface area contributed by atoms with Gasteiger partial charge < -0.3 is 20.4 Å². The molecule has 8 nitrogen and oxygen atoms in total. The van der Waals surface area contributed by atoms with Crippen molar-refractivity contribution in [3.8, 4) is 0 Å². The van der Waals surface area contributed by atoms with Gasteiger partial charge >= 0.3 is 0 Å². The summed E-state index contributed by atoms with van der Waals surface area (Å²) < 4.78 is 0. The number of carbonyl (C=O) groups excluding carboxylic acids is 4. The fourth-order valence-electron chi connectivity index (χ4n) is 5.58. The van der Waals surface area contributed by atoms with Crippen molar-refractivity contribution in [3.63, 3.8) is 0 Å². The van der Waals surface area contributed by atoms with Gasteiger partial charge in [-0.2, -0.15) is 0 Å². The zero-order chi connectivity index (χ0) is 24.4. The summed E-state index contributed by atoms with van der Waals surface area (Å²) in [5.74, 6) is -0.484. The minimum atomic E-state index is -0.483. The highest BCUT2D eigenvalue weighted by molar-refractivity contribution is 6.00. The third kappa shape index (κ3) is 4.65. The van der Waals surface area contributed by atoms with E-state index in [1.165, 1.54) is 4.90 Å². The molecule has 8 heteroatoms. The molecule has 0 bridgehead atoms. The molecule has 1 saturated carbocycles. The number of piperazine rings is 1. The van der Waals surface area contributed by atoms with Crippen LogP contribution in [0.25, 0.3) is 0 Å². The lowest BCUT2D eigenvalue weighted by Gasteiger charge is -2.44. The lowest BCUT2D eigenvalue weighted by Crippen LogP contribution is -2.52. The number of fused-ring (bicyclic) bond motifs is 1. The van der Waals surface area contributed by atoms with Crippen LogP contribution >= 0.6 is 0 Å². The second-order valence-electron chi connectivity index (χ2n) is 9.71. The lowest BCUT2D eigenvalue weighted by molar-refractivity contribution is -0.123. The van der Waals surface area contributed by atoms with Gasteiger partial charge in [-0.05, 0) is 48.7 Å². The number of carbonyl (C=O) groups is 4. The van der Waals surface area contributed by atoms with Crippen LogP contribution in [0.15, 0.2) is 48.5 Å². The Kier molecular flexibility index (Phi) is 6.28. The predicted octanol–water partition coefficient (Wildman–Crippen LogP) is 2.95. The van der Waals surface area contributed by atoms with Crippen molar-refractivity contribution in [3.05, 3.63) is 65.2 Å². The minimum Gasteiger partial charge on any atom is -0.353 e. The Morgan fingerprint density at radius 2 is 1.69 bits per heavy atom. The summed E-state index contributed by atoms with van der Waals surface area (Å²) in [6.07, 6.45) is 4.99. The summed E-state index contributed by atoms with van der Waals surface area (Å²) in [6, 6.07) is 14.4. The number of nitrogens with one attached hydrogen (secondary N) is 2. The van der Waals surface area contributed by atoms with Crippen molar-refractivity contribution in [2.24, 2.45) is 0 Å². The summed E-state index contributed by atoms with van der Waals surface area (Å²) in [7, 11) is 0. The SMILES string of the molecule is O=C1CN(C(=O)c2ccc(NC(=O)CC3(N4Cc5ccccc5C4=O)CCCCC3)cc2)CCN1. The quantitative estimate of drug-likeness (QED) is 0.696. The summed E-state index contributed by atoms with van der Waals surface area (Å²) in [5.41, 5.74) is 2.36. The molecule has 1 saturated heterocycles. The summed E-state index contributed by atoms with van der Waals surface area (Å²) in [5, 5.41) is 5.67. The molecule has 5 rings (SSSR count). The Morgan fingerprint density at radius 1 is 0.943 bits per heavy atom. The molecule has 2 N–H and O–H groups in total. The van der Waals surface area contributed by atoms with E-state index >= 15 is 0 Å². The molecular weight excluding hydrogens is 444 g/mol. The van der Waals surface area contributed by atoms with Gasteiger partial charge in [0.15, 0.2) is 0 Å². The number of nitrogens with zero attached hydrogens (tertiary/aromatic N) is 2. The number of rotatable bonds is 5. The van der Waals surface area contributed by atoms with E-state index in [-0.39, 0.29) is 36.6 Å². The van der Waals surface area contributed by atoms with Crippen molar-refractivity contribution >= 4 is 29.3 Å². The van der Waals surface area contributed by atoms with Gasteiger partial charge in [0.2, 0.25) is 11.8 Å². The van der Waals surface area contributed by atoms with Crippen LogP contribution in [0.1, 0.15) is 64.8 Å². The number of amides is 4. The highest BCUT2D eigenvalue weighted by atomic mass is 16.2. The number of benzene rings is 2. The van der Waals surface area contributed by atoms with E-state index in [1.807, 2.05) is 29.2 Å². The molecule has 0 radical (unpaired) electrons. The molecule has 1 aliphatic carbocycles. The van der Waals surface area contributed by atoms with Crippen LogP contribution in [0.4, 0.5) is 5.69 Å². The molecule has 0 atom stereocenters. The van der Waals surface area contributed by atoms with Gasteiger partial charge in [-0.3, -0.25) is 19.2 Å². The maximum absolute atomic E-state index is 13.2. The number of anilines is 1. The first-order valence-corrected chi connectivity index (χ1v) is 12.3. The molecule has 0 aromatic heterocycles. The molecule has 2 aromatic rings. The summed E-state index contributed by atoms with van der Waals surface area (Å²) in [6.45, 7) is 1.53. The van der Waals surface area contributed by atoms with Crippen molar-refractivity contribution in [2.45, 2.75) is 50.6 Å². The van der Waals surface area contributed by atoms with Gasteiger partial charge in [0.1, 0.15) is 0 Å². The highest BCUT2D eigenvalue weighted by Gasteiger charge is 2.45. The van der Waals surface area contributed by atoms with E-state index in [4.69, 9.17) is 0 Å². The van der Waals surface area contributed by atoms with E-state index in [0.29, 0.717) is 30.9 Å². The average molecular weight is 475 g/mol. The van der Waals surface area contributed by atoms with Crippen molar-refractivity contribution < 1.29 is 19.2 Å². The smallest absolute Gasteiger partial charge is 0.254 e. The Hall–Kier alpha value is -3.68. The second-order valence-corrected chi connectivity index (χ2v) is 9.71. The first kappa shape index (κ1) is 23.1. The molecular formula is C27H30N4O4. The molecule has 0 unspecified atom stereocenters. The first-order valence-electron chi connectivity index (χ1n) is 12.3. The topological polar surface area (TPSA) is 98.8 Å². The molecule has 2 aliphatic heterocycles. The maximum atomic E-state index is 13.2. The average Bonchev–Trinajstić information content (AvgIpc) is 3.22. The Morgan fingerprint density at radius 3 is 2.40 bits per heavy atom. The van der Waals surface area contributed by atoms with Gasteiger partial charge in [0, 0.05) is 36.4 Å². The van der Waals surface area contributed by atoms with Gasteiger partial charge in [-0.25, -0.2) is 0 Å². The second kappa shape index (κ2) is 9.52. The molecule has 0 spiro atoms. The van der Waals surface area contributed by atoms with Crippen LogP contribution in [0, 0.1) is 0 Å². The molecule has 2 aromatic carbocycles. The Bertz CT molecular complexity index is 1150. The lowest BCUT2D eigenvalue weighted by atomic mass is 9.77. The van der Waals surface area contributed by atoms with Crippen LogP contribution in [0.2, 0.25) is 0 Å². The van der Waals surface area contributed by atoms with Gasteiger partial charge in [-0.1, -0.05) is 37.5 Å². The third-order valence-corrected chi connectivity index (χ3v) is 7.41. The largest absolute Gasteiger partial charge is 0.353 e. The normalized spacial score (nSPS) is 19.2. The monoisotopic (exact) mass is 474 g/mol. The van der Waals surface area contributed by atoms with Crippen molar-refractivity contribution in [1.29, 1.82) is 0 Å². The standard InChI is InChI=1S/C27H30N4O4/c32-23(29-21-10-8-19(9-11-21)25(34)30-15-14-28-24(33)18-30)16-27(12-4-1-5-13-27)31-17-20-6-2-3-7-22(20)26(31)35/h2-3,6-11H,1,4-5,12-18H2,(H,28,33)(H,29,32). The molecule has 35 heavy (non-hydrogen) atoms. The Balaban J connectivity index is 1.26. The third-order valence-electron chi connectivity index (χ3n) is 7.41. The zero-order valence-electron chi connectivity index (χ0n) is 19.7. The Labute approximate surface area is 204 Å². The van der Waals surface area contributed by atoms with Crippen LogP contribution in [-0.2, 0) is 16.1 Å². The fraction of sp³-hybridized carbons (Fsp3) is 0.407. The highest BCUT2D eigenvalue weighted by Crippen LogP contribution is 2.41. The van der Waals surface area contributed by atoms with Crippen LogP contribution in [0.5, 0.6) is 0 Å². The van der Waals surface area contributed by atoms with Crippen LogP contribution in [0.3, 0.4) is 0 Å². The predicted molar refractivity (Wildman–Crippen MR) is 131 cm³/mol. The van der Waals surface area contributed by atoms with E-state index in [0.717, 1.165) is 43.2 Å². The molecule has 3 aliphatic rings. The molecule has 182 valence electrons. The van der Waals surface area contributed by atoms with Crippen LogP contribution in [-0.4, -0.2) is 58.6 Å². The molecule has 4 amide bonds. The number of hydrogen-bond donors (Lipinski definition) is 2. The van der Waals surface area contributed by atoms with Crippen LogP contribution < -0.4 is 10.6 Å². The summed E-state index contributed by atoms with van der Waals surface area (Å²) >= 11 is 0. The van der Waals surface area contributed by atoms with Crippen molar-refractivity contribution in [2.75, 3.05) is 25.0 Å². The fourth-order valence-corrected chi connectivity index (χ4v) is 5.58. The van der Waals surface area contributed by atoms with E-state index in [2.05, 4.69) is 10.6 Å². The minimum absolute atomic E-state index is 0.0181. The van der Waals surface area contributed by atoms with E-state index < -0.39 is 5.54 Å². The first-order chi connectivity index (χ1) is 16.9. The molecule has 2 fully saturated rings. The summed E-state index contributed by atoms with van der Waals surface area (Å²) in [4.78, 5) is 54.1. The van der Waals surface area contributed by atoms with E-state index in [9.17, 15) is 19.2 Å². The zero-order valence-corrected chi connectivity index (χ0v) is 19.7. The van der Waals surface area contributed by atoms with Gasteiger partial charge in [0.05, 0.1) is 18.5 Å². The maximum Gasteiger partial charge on any atom is 0.254 e. The van der Waals surface area contributed by atoms with Gasteiger partial charge in [0.25, 0.3) is 11.8 Å². The van der Waals surface area contributed by atoms with Crippen molar-refractivity contribution in [1.82, 2.24) is 15.1 Å². The number of hydrogen-bond acceptors (Lipinski definition) is 4. The molecule has 2 heterocycles.